The molecule has 0 fully saturated rings. The molecule has 244 valence electrons. The topological polar surface area (TPSA) is 90.2 Å². The van der Waals surface area contributed by atoms with Crippen molar-refractivity contribution in [1.82, 2.24) is 0 Å². The average Bonchev–Trinajstić information content (AvgIpc) is 3.42. The fourth-order valence-corrected chi connectivity index (χ4v) is 6.16. The van der Waals surface area contributed by atoms with Crippen LogP contribution in [-0.2, 0) is 20.4 Å². The summed E-state index contributed by atoms with van der Waals surface area (Å²) in [6.07, 6.45) is 14.4. The van der Waals surface area contributed by atoms with Gasteiger partial charge in [-0.05, 0) is 56.7 Å². The number of hydrogen-bond donors (Lipinski definition) is 0. The molecule has 0 radical (unpaired) electrons. The monoisotopic (exact) mass is 647 g/mol. The molecule has 0 saturated carbocycles. The zero-order valence-electron chi connectivity index (χ0n) is 26.6. The van der Waals surface area contributed by atoms with Gasteiger partial charge in [0, 0.05) is 12.2 Å². The van der Waals surface area contributed by atoms with Crippen molar-refractivity contribution in [3.8, 4) is 17.2 Å². The predicted molar refractivity (Wildman–Crippen MR) is 174 cm³/mol. The molecular weight excluding hydrogens is 597 g/mol. The minimum Gasteiger partial charge on any atom is -0.746 e. The second-order valence-corrected chi connectivity index (χ2v) is 13.4. The summed E-state index contributed by atoms with van der Waals surface area (Å²) < 4.78 is 42.4. The highest BCUT2D eigenvalue weighted by Crippen LogP contribution is 2.40. The van der Waals surface area contributed by atoms with Crippen molar-refractivity contribution in [3.05, 3.63) is 70.7 Å². The van der Waals surface area contributed by atoms with Crippen LogP contribution in [0.25, 0.3) is 0 Å². The Morgan fingerprint density at radius 1 is 0.841 bits per heavy atom. The van der Waals surface area contributed by atoms with Gasteiger partial charge in [-0.1, -0.05) is 88.2 Å². The van der Waals surface area contributed by atoms with Gasteiger partial charge in [-0.2, -0.15) is 4.57 Å². The molecule has 2 aromatic carbocycles. The Morgan fingerprint density at radius 2 is 1.50 bits per heavy atom. The number of ether oxygens (including phenoxy) is 3. The van der Waals surface area contributed by atoms with E-state index in [0.29, 0.717) is 25.5 Å². The number of thiazole rings is 1. The van der Waals surface area contributed by atoms with E-state index in [2.05, 4.69) is 6.92 Å². The van der Waals surface area contributed by atoms with Gasteiger partial charge in [0.15, 0.2) is 12.7 Å². The molecule has 10 heteroatoms. The number of unbranched alkanes of at least 4 members (excludes halogenated alkanes) is 9. The Labute approximate surface area is 267 Å². The van der Waals surface area contributed by atoms with Gasteiger partial charge in [-0.15, -0.1) is 0 Å². The molecule has 0 saturated heterocycles. The SMILES string of the molecule is CCCCCCCCCCCCOc1ccc(OCC(COP(=O)([O-])Oc2cccc(C[n+]3csc(C)c3)c2)OCC)cc1. The quantitative estimate of drug-likeness (QED) is 0.0552. The molecule has 0 amide bonds. The first kappa shape index (κ1) is 36.1. The molecular formula is C34H50NO7PS. The molecule has 3 aromatic rings. The number of phosphoric ester groups is 1. The molecule has 2 unspecified atom stereocenters. The second-order valence-electron chi connectivity index (χ2n) is 11.0. The predicted octanol–water partition coefficient (Wildman–Crippen LogP) is 8.04. The van der Waals surface area contributed by atoms with E-state index in [1.54, 1.807) is 29.5 Å². The van der Waals surface area contributed by atoms with Crippen LogP contribution in [0.2, 0.25) is 0 Å². The number of phosphoric acid groups is 1. The molecule has 1 aromatic heterocycles. The summed E-state index contributed by atoms with van der Waals surface area (Å²) in [5, 5.41) is 0. The van der Waals surface area contributed by atoms with Crippen LogP contribution in [0.4, 0.5) is 0 Å². The molecule has 1 heterocycles. The van der Waals surface area contributed by atoms with Gasteiger partial charge in [0.2, 0.25) is 5.51 Å². The van der Waals surface area contributed by atoms with Crippen LogP contribution < -0.4 is 23.5 Å². The maximum Gasteiger partial charge on any atom is 0.319 e. The van der Waals surface area contributed by atoms with Crippen LogP contribution in [0.15, 0.2) is 60.2 Å². The van der Waals surface area contributed by atoms with Crippen LogP contribution in [0.5, 0.6) is 17.2 Å². The van der Waals surface area contributed by atoms with Gasteiger partial charge in [0.05, 0.1) is 18.1 Å². The highest BCUT2D eigenvalue weighted by molar-refractivity contribution is 7.46. The Morgan fingerprint density at radius 3 is 2.14 bits per heavy atom. The smallest absolute Gasteiger partial charge is 0.319 e. The lowest BCUT2D eigenvalue weighted by Gasteiger charge is -2.26. The summed E-state index contributed by atoms with van der Waals surface area (Å²) in [5.41, 5.74) is 2.93. The largest absolute Gasteiger partial charge is 0.746 e. The van der Waals surface area contributed by atoms with Crippen molar-refractivity contribution in [2.75, 3.05) is 26.4 Å². The van der Waals surface area contributed by atoms with Gasteiger partial charge in [0.1, 0.15) is 30.0 Å². The summed E-state index contributed by atoms with van der Waals surface area (Å²) in [6.45, 7) is 7.73. The normalized spacial score (nSPS) is 13.4. The maximum atomic E-state index is 12.6. The molecule has 44 heavy (non-hydrogen) atoms. The number of nitrogens with zero attached hydrogens (tertiary/aromatic N) is 1. The van der Waals surface area contributed by atoms with Crippen LogP contribution >= 0.6 is 19.2 Å². The molecule has 8 nitrogen and oxygen atoms in total. The van der Waals surface area contributed by atoms with Gasteiger partial charge < -0.3 is 28.2 Å². The van der Waals surface area contributed by atoms with E-state index in [9.17, 15) is 9.46 Å². The second kappa shape index (κ2) is 20.6. The summed E-state index contributed by atoms with van der Waals surface area (Å²) >= 11 is 1.65. The maximum absolute atomic E-state index is 12.6. The van der Waals surface area contributed by atoms with Gasteiger partial charge >= 0.3 is 7.82 Å². The summed E-state index contributed by atoms with van der Waals surface area (Å²) in [6, 6.07) is 14.4. The van der Waals surface area contributed by atoms with E-state index in [1.807, 2.05) is 60.5 Å². The van der Waals surface area contributed by atoms with Crippen molar-refractivity contribution in [2.24, 2.45) is 0 Å². The van der Waals surface area contributed by atoms with Crippen molar-refractivity contribution < 1.29 is 37.3 Å². The summed E-state index contributed by atoms with van der Waals surface area (Å²) in [5.74, 6) is 1.64. The first-order chi connectivity index (χ1) is 21.4. The number of hydrogen-bond acceptors (Lipinski definition) is 8. The van der Waals surface area contributed by atoms with Crippen LogP contribution in [0.3, 0.4) is 0 Å². The fourth-order valence-electron chi connectivity index (χ4n) is 4.75. The Kier molecular flexibility index (Phi) is 16.9. The molecule has 0 aliphatic carbocycles. The third-order valence-electron chi connectivity index (χ3n) is 7.05. The molecule has 0 spiro atoms. The molecule has 0 aliphatic heterocycles. The molecule has 0 bridgehead atoms. The third-order valence-corrected chi connectivity index (χ3v) is 8.80. The zero-order chi connectivity index (χ0) is 31.5. The van der Waals surface area contributed by atoms with E-state index in [-0.39, 0.29) is 19.0 Å². The van der Waals surface area contributed by atoms with E-state index < -0.39 is 13.9 Å². The first-order valence-electron chi connectivity index (χ1n) is 16.0. The lowest BCUT2D eigenvalue weighted by molar-refractivity contribution is -0.683. The third kappa shape index (κ3) is 15.0. The standard InChI is InChI=1S/C34H50NO7PS/c1-4-6-7-8-9-10-11-12-13-14-22-39-31-18-20-32(21-19-31)40-26-34(38-5-2)27-41-43(36,37)42-33-17-15-16-30(23-33)25-35-24-29(3)44-28-35/h15-21,23-24,28,34H,4-14,22,25-27H2,1-3H3. The van der Waals surface area contributed by atoms with Crippen molar-refractivity contribution in [3.63, 3.8) is 0 Å². The minimum absolute atomic E-state index is 0.124. The van der Waals surface area contributed by atoms with E-state index >= 15 is 0 Å². The first-order valence-corrected chi connectivity index (χ1v) is 18.4. The number of rotatable bonds is 24. The molecule has 2 atom stereocenters. The number of aromatic nitrogens is 1. The highest BCUT2D eigenvalue weighted by Gasteiger charge is 2.18. The number of aryl methyl sites for hydroxylation is 1. The lowest BCUT2D eigenvalue weighted by Crippen LogP contribution is -2.30. The van der Waals surface area contributed by atoms with E-state index in [0.717, 1.165) is 17.7 Å². The Bertz CT molecular complexity index is 1240. The van der Waals surface area contributed by atoms with Crippen molar-refractivity contribution in [2.45, 2.75) is 97.6 Å². The van der Waals surface area contributed by atoms with Gasteiger partial charge in [-0.3, -0.25) is 4.57 Å². The molecule has 0 aliphatic rings. The van der Waals surface area contributed by atoms with E-state index in [4.69, 9.17) is 23.3 Å². The van der Waals surface area contributed by atoms with Crippen LogP contribution in [-0.4, -0.2) is 32.5 Å². The van der Waals surface area contributed by atoms with Crippen molar-refractivity contribution >= 4 is 19.2 Å². The van der Waals surface area contributed by atoms with Gasteiger partial charge in [0.25, 0.3) is 0 Å². The van der Waals surface area contributed by atoms with Crippen LogP contribution in [0, 0.1) is 6.92 Å². The zero-order valence-corrected chi connectivity index (χ0v) is 28.3. The Hall–Kier alpha value is -2.42. The highest BCUT2D eigenvalue weighted by atomic mass is 32.1. The molecule has 3 rings (SSSR count). The van der Waals surface area contributed by atoms with Gasteiger partial charge in [-0.25, -0.2) is 0 Å². The fraction of sp³-hybridized carbons (Fsp3) is 0.559. The number of benzene rings is 2. The van der Waals surface area contributed by atoms with Crippen molar-refractivity contribution in [1.29, 1.82) is 0 Å². The average molecular weight is 648 g/mol. The Balaban J connectivity index is 1.34. The van der Waals surface area contributed by atoms with E-state index in [1.165, 1.54) is 62.7 Å². The molecule has 0 N–H and O–H groups in total. The summed E-state index contributed by atoms with van der Waals surface area (Å²) in [7, 11) is -4.63. The summed E-state index contributed by atoms with van der Waals surface area (Å²) in [4.78, 5) is 13.8. The van der Waals surface area contributed by atoms with Crippen LogP contribution in [0.1, 0.15) is 88.5 Å². The lowest BCUT2D eigenvalue weighted by atomic mass is 10.1. The minimum atomic E-state index is -4.63.